The second-order valence-corrected chi connectivity index (χ2v) is 7.75. The Morgan fingerprint density at radius 3 is 0.964 bits per heavy atom. The van der Waals surface area contributed by atoms with Crippen molar-refractivity contribution in [1.82, 2.24) is 0 Å². The van der Waals surface area contributed by atoms with Gasteiger partial charge in [-0.15, -0.1) is 0 Å². The van der Waals surface area contributed by atoms with Gasteiger partial charge in [0.05, 0.1) is 0 Å². The Labute approximate surface area is 166 Å². The lowest BCUT2D eigenvalue weighted by molar-refractivity contribution is 0.467. The molecule has 0 heterocycles. The van der Waals surface area contributed by atoms with Crippen molar-refractivity contribution in [3.63, 3.8) is 0 Å². The molecule has 3 aromatic carbocycles. The zero-order valence-electron chi connectivity index (χ0n) is 17.4. The van der Waals surface area contributed by atoms with E-state index in [0.717, 1.165) is 50.1 Å². The van der Waals surface area contributed by atoms with E-state index in [1.165, 1.54) is 0 Å². The molecule has 0 aliphatic rings. The van der Waals surface area contributed by atoms with Gasteiger partial charge in [-0.2, -0.15) is 0 Å². The summed E-state index contributed by atoms with van der Waals surface area (Å²) in [6.45, 7) is 11.9. The van der Waals surface area contributed by atoms with Crippen LogP contribution in [0.5, 0.6) is 17.2 Å². The molecular weight excluding hydrogens is 348 g/mol. The predicted octanol–water partition coefficient (Wildman–Crippen LogP) is 5.83. The number of hydrogen-bond donors (Lipinski definition) is 3. The van der Waals surface area contributed by atoms with Crippen molar-refractivity contribution in [2.45, 2.75) is 47.5 Å². The van der Waals surface area contributed by atoms with Crippen molar-refractivity contribution in [1.29, 1.82) is 0 Å². The van der Waals surface area contributed by atoms with Gasteiger partial charge in [0.15, 0.2) is 0 Å². The zero-order chi connectivity index (χ0) is 20.7. The maximum atomic E-state index is 10.5. The molecule has 0 aliphatic carbocycles. The quantitative estimate of drug-likeness (QED) is 0.504. The molecule has 0 amide bonds. The lowest BCUT2D eigenvalue weighted by Crippen LogP contribution is -2.14. The Hall–Kier alpha value is -2.94. The number of hydrogen-bond acceptors (Lipinski definition) is 3. The molecule has 0 unspecified atom stereocenters. The van der Waals surface area contributed by atoms with Crippen LogP contribution in [0.1, 0.15) is 56.0 Å². The third-order valence-electron chi connectivity index (χ3n) is 5.98. The summed E-state index contributed by atoms with van der Waals surface area (Å²) in [6.07, 6.45) is 0. The van der Waals surface area contributed by atoms with Gasteiger partial charge in [0.25, 0.3) is 0 Å². The molecule has 0 fully saturated rings. The van der Waals surface area contributed by atoms with E-state index in [1.807, 2.05) is 59.7 Å². The van der Waals surface area contributed by atoms with Crippen molar-refractivity contribution in [3.05, 3.63) is 86.5 Å². The zero-order valence-corrected chi connectivity index (χ0v) is 17.4. The highest BCUT2D eigenvalue weighted by molar-refractivity contribution is 5.61. The standard InChI is InChI=1S/C25H28O3/c1-13-7-10-19(26)16(4)22(13)25(23-14(2)8-11-20(27)17(23)5)24-15(3)9-12-21(28)18(24)6/h7-12,25-28H,1-6H3. The van der Waals surface area contributed by atoms with Crippen LogP contribution in [0.25, 0.3) is 0 Å². The van der Waals surface area contributed by atoms with Crippen molar-refractivity contribution in [3.8, 4) is 17.2 Å². The molecule has 0 bridgehead atoms. The van der Waals surface area contributed by atoms with Crippen molar-refractivity contribution in [2.24, 2.45) is 0 Å². The minimum atomic E-state index is -0.216. The molecule has 3 rings (SSSR count). The van der Waals surface area contributed by atoms with Gasteiger partial charge in [-0.3, -0.25) is 0 Å². The topological polar surface area (TPSA) is 60.7 Å². The van der Waals surface area contributed by atoms with E-state index in [2.05, 4.69) is 0 Å². The van der Waals surface area contributed by atoms with Gasteiger partial charge in [0.1, 0.15) is 17.2 Å². The largest absolute Gasteiger partial charge is 0.508 e. The summed E-state index contributed by atoms with van der Waals surface area (Å²) in [4.78, 5) is 0. The van der Waals surface area contributed by atoms with Crippen LogP contribution in [0.3, 0.4) is 0 Å². The normalized spacial score (nSPS) is 11.2. The van der Waals surface area contributed by atoms with Crippen LogP contribution >= 0.6 is 0 Å². The summed E-state index contributed by atoms with van der Waals surface area (Å²) in [6, 6.07) is 10.9. The Morgan fingerprint density at radius 1 is 0.464 bits per heavy atom. The summed E-state index contributed by atoms with van der Waals surface area (Å²) >= 11 is 0. The highest BCUT2D eigenvalue weighted by Gasteiger charge is 2.29. The molecule has 0 aliphatic heterocycles. The fourth-order valence-corrected chi connectivity index (χ4v) is 4.32. The van der Waals surface area contributed by atoms with Gasteiger partial charge in [0.2, 0.25) is 0 Å². The Bertz CT molecular complexity index is 927. The minimum Gasteiger partial charge on any atom is -0.508 e. The number of rotatable bonds is 3. The van der Waals surface area contributed by atoms with Gasteiger partial charge >= 0.3 is 0 Å². The minimum absolute atomic E-state index is 0.216. The summed E-state index contributed by atoms with van der Waals surface area (Å²) in [5, 5.41) is 31.4. The predicted molar refractivity (Wildman–Crippen MR) is 114 cm³/mol. The fourth-order valence-electron chi connectivity index (χ4n) is 4.32. The summed E-state index contributed by atoms with van der Waals surface area (Å²) in [5.41, 5.74) is 8.65. The van der Waals surface area contributed by atoms with E-state index < -0.39 is 0 Å². The number of aromatic hydroxyl groups is 3. The highest BCUT2D eigenvalue weighted by atomic mass is 16.3. The SMILES string of the molecule is Cc1ccc(O)c(C)c1C(c1c(C)ccc(O)c1C)c1c(C)ccc(O)c1C. The molecule has 3 aromatic rings. The molecule has 0 atom stereocenters. The van der Waals surface area contributed by atoms with Gasteiger partial charge in [-0.1, -0.05) is 18.2 Å². The number of benzene rings is 3. The summed E-state index contributed by atoms with van der Waals surface area (Å²) < 4.78 is 0. The third kappa shape index (κ3) is 3.11. The molecule has 0 saturated heterocycles. The lowest BCUT2D eigenvalue weighted by atomic mass is 9.74. The van der Waals surface area contributed by atoms with E-state index in [-0.39, 0.29) is 23.2 Å². The first-order chi connectivity index (χ1) is 13.1. The first-order valence-electron chi connectivity index (χ1n) is 9.52. The number of phenolic OH excluding ortho intramolecular Hbond substituents is 3. The molecular formula is C25H28O3. The monoisotopic (exact) mass is 376 g/mol. The van der Waals surface area contributed by atoms with Gasteiger partial charge in [-0.05, 0) is 110 Å². The van der Waals surface area contributed by atoms with E-state index in [4.69, 9.17) is 0 Å². The van der Waals surface area contributed by atoms with E-state index in [9.17, 15) is 15.3 Å². The van der Waals surface area contributed by atoms with Crippen LogP contribution in [0.15, 0.2) is 36.4 Å². The molecule has 0 spiro atoms. The van der Waals surface area contributed by atoms with Gasteiger partial charge < -0.3 is 15.3 Å². The Balaban J connectivity index is 2.51. The van der Waals surface area contributed by atoms with E-state index in [0.29, 0.717) is 0 Å². The molecule has 28 heavy (non-hydrogen) atoms. The molecule has 0 aromatic heterocycles. The van der Waals surface area contributed by atoms with Crippen molar-refractivity contribution >= 4 is 0 Å². The average molecular weight is 376 g/mol. The van der Waals surface area contributed by atoms with E-state index >= 15 is 0 Å². The highest BCUT2D eigenvalue weighted by Crippen LogP contribution is 2.45. The van der Waals surface area contributed by atoms with Gasteiger partial charge in [0, 0.05) is 5.92 Å². The fraction of sp³-hybridized carbons (Fsp3) is 0.280. The summed E-state index contributed by atoms with van der Waals surface area (Å²) in [5.74, 6) is 0.524. The van der Waals surface area contributed by atoms with Crippen LogP contribution in [-0.4, -0.2) is 15.3 Å². The molecule has 3 nitrogen and oxygen atoms in total. The van der Waals surface area contributed by atoms with Crippen LogP contribution in [0.4, 0.5) is 0 Å². The van der Waals surface area contributed by atoms with Crippen LogP contribution in [0, 0.1) is 41.5 Å². The van der Waals surface area contributed by atoms with E-state index in [1.54, 1.807) is 18.2 Å². The Kier molecular flexibility index (Phi) is 5.12. The Morgan fingerprint density at radius 2 is 0.714 bits per heavy atom. The second kappa shape index (κ2) is 7.23. The molecule has 0 saturated carbocycles. The van der Waals surface area contributed by atoms with Crippen LogP contribution in [0.2, 0.25) is 0 Å². The van der Waals surface area contributed by atoms with Crippen LogP contribution < -0.4 is 0 Å². The maximum absolute atomic E-state index is 10.5. The number of phenols is 3. The third-order valence-corrected chi connectivity index (χ3v) is 5.98. The first-order valence-corrected chi connectivity index (χ1v) is 9.52. The molecule has 146 valence electrons. The lowest BCUT2D eigenvalue weighted by Gasteiger charge is -2.29. The van der Waals surface area contributed by atoms with Crippen LogP contribution in [-0.2, 0) is 0 Å². The molecule has 3 heteroatoms. The number of aryl methyl sites for hydroxylation is 3. The molecule has 0 radical (unpaired) electrons. The smallest absolute Gasteiger partial charge is 0.118 e. The first kappa shape index (κ1) is 19.8. The van der Waals surface area contributed by atoms with Crippen molar-refractivity contribution < 1.29 is 15.3 Å². The van der Waals surface area contributed by atoms with Crippen molar-refractivity contribution in [2.75, 3.05) is 0 Å². The van der Waals surface area contributed by atoms with Gasteiger partial charge in [-0.25, -0.2) is 0 Å². The molecule has 3 N–H and O–H groups in total. The summed E-state index contributed by atoms with van der Waals surface area (Å²) in [7, 11) is 0. The average Bonchev–Trinajstić information content (AvgIpc) is 2.65. The second-order valence-electron chi connectivity index (χ2n) is 7.75. The maximum Gasteiger partial charge on any atom is 0.118 e.